The lowest BCUT2D eigenvalue weighted by Gasteiger charge is -2.23. The van der Waals surface area contributed by atoms with Crippen molar-refractivity contribution in [3.63, 3.8) is 0 Å². The zero-order valence-corrected chi connectivity index (χ0v) is 14.3. The van der Waals surface area contributed by atoms with E-state index in [9.17, 15) is 4.79 Å². The molecule has 1 saturated heterocycles. The fourth-order valence-corrected chi connectivity index (χ4v) is 3.06. The van der Waals surface area contributed by atoms with Crippen LogP contribution in [0.2, 0.25) is 0 Å². The summed E-state index contributed by atoms with van der Waals surface area (Å²) in [6.07, 6.45) is 7.24. The monoisotopic (exact) mass is 360 g/mol. The molecular weight excluding hydrogens is 343 g/mol. The minimum absolute atomic E-state index is 0. The number of aromatic nitrogens is 2. The van der Waals surface area contributed by atoms with Crippen LogP contribution in [0.5, 0.6) is 0 Å². The number of piperidine rings is 1. The zero-order chi connectivity index (χ0) is 13.8. The first-order valence-corrected chi connectivity index (χ1v) is 7.52. The van der Waals surface area contributed by atoms with Gasteiger partial charge in [0.25, 0.3) is 5.91 Å². The third kappa shape index (κ3) is 4.64. The van der Waals surface area contributed by atoms with Gasteiger partial charge in [0.1, 0.15) is 9.88 Å². The first-order chi connectivity index (χ1) is 9.83. The van der Waals surface area contributed by atoms with E-state index in [-0.39, 0.29) is 36.8 Å². The second-order valence-corrected chi connectivity index (χ2v) is 5.81. The third-order valence-electron chi connectivity index (χ3n) is 3.29. The van der Waals surface area contributed by atoms with E-state index in [0.717, 1.165) is 36.5 Å². The Morgan fingerprint density at radius 1 is 1.32 bits per heavy atom. The van der Waals surface area contributed by atoms with E-state index in [0.29, 0.717) is 4.88 Å². The number of carbonyl (C=O) groups is 1. The lowest BCUT2D eigenvalue weighted by atomic mass is 10.1. The highest BCUT2D eigenvalue weighted by Crippen LogP contribution is 2.24. The van der Waals surface area contributed by atoms with Gasteiger partial charge in [-0.05, 0) is 31.5 Å². The minimum atomic E-state index is -0.0310. The molecule has 1 aliphatic heterocycles. The Morgan fingerprint density at radius 2 is 2.09 bits per heavy atom. The van der Waals surface area contributed by atoms with Crippen LogP contribution in [0.1, 0.15) is 22.5 Å². The van der Waals surface area contributed by atoms with Crippen LogP contribution in [0, 0.1) is 0 Å². The number of thiazole rings is 1. The van der Waals surface area contributed by atoms with Crippen LogP contribution in [-0.4, -0.2) is 35.0 Å². The molecule has 22 heavy (non-hydrogen) atoms. The fourth-order valence-electron chi connectivity index (χ4n) is 2.24. The predicted octanol–water partition coefficient (Wildman–Crippen LogP) is 2.53. The molecule has 3 heterocycles. The average Bonchev–Trinajstić information content (AvgIpc) is 2.99. The number of nitrogens with zero attached hydrogens (tertiary/aromatic N) is 2. The van der Waals surface area contributed by atoms with E-state index in [4.69, 9.17) is 0 Å². The Kier molecular flexibility index (Phi) is 7.75. The van der Waals surface area contributed by atoms with Gasteiger partial charge in [-0.2, -0.15) is 0 Å². The van der Waals surface area contributed by atoms with Crippen molar-refractivity contribution in [2.75, 3.05) is 13.1 Å². The van der Waals surface area contributed by atoms with Crippen molar-refractivity contribution < 1.29 is 4.79 Å². The Labute approximate surface area is 145 Å². The van der Waals surface area contributed by atoms with Crippen molar-refractivity contribution in [2.24, 2.45) is 0 Å². The standard InChI is InChI=1S/C14H16N4OS.2ClH/c19-13(18-11-2-1-5-16-8-11)12-9-17-14(20-12)10-3-6-15-7-4-10;;/h3-4,6-7,9,11,16H,1-2,5,8H2,(H,18,19);2*1H/t11-;;/m0../s1. The van der Waals surface area contributed by atoms with E-state index in [1.54, 1.807) is 18.6 Å². The molecule has 5 nitrogen and oxygen atoms in total. The van der Waals surface area contributed by atoms with Crippen LogP contribution < -0.4 is 10.6 Å². The van der Waals surface area contributed by atoms with Crippen molar-refractivity contribution in [1.82, 2.24) is 20.6 Å². The molecule has 3 rings (SSSR count). The molecule has 2 aromatic heterocycles. The quantitative estimate of drug-likeness (QED) is 0.882. The Morgan fingerprint density at radius 3 is 2.77 bits per heavy atom. The highest BCUT2D eigenvalue weighted by Gasteiger charge is 2.18. The molecule has 1 atom stereocenters. The molecule has 2 N–H and O–H groups in total. The summed E-state index contributed by atoms with van der Waals surface area (Å²) in [7, 11) is 0. The van der Waals surface area contributed by atoms with Crippen molar-refractivity contribution in [3.05, 3.63) is 35.6 Å². The van der Waals surface area contributed by atoms with Crippen LogP contribution in [0.4, 0.5) is 0 Å². The Hall–Kier alpha value is -1.21. The highest BCUT2D eigenvalue weighted by atomic mass is 35.5. The number of nitrogens with one attached hydrogen (secondary N) is 2. The van der Waals surface area contributed by atoms with Crippen molar-refractivity contribution >= 4 is 42.1 Å². The van der Waals surface area contributed by atoms with Crippen LogP contribution in [0.3, 0.4) is 0 Å². The molecule has 1 fully saturated rings. The van der Waals surface area contributed by atoms with Crippen LogP contribution in [0.15, 0.2) is 30.7 Å². The zero-order valence-electron chi connectivity index (χ0n) is 11.8. The summed E-state index contributed by atoms with van der Waals surface area (Å²) < 4.78 is 0. The van der Waals surface area contributed by atoms with Gasteiger partial charge >= 0.3 is 0 Å². The number of halogens is 2. The van der Waals surface area contributed by atoms with E-state index in [1.807, 2.05) is 12.1 Å². The summed E-state index contributed by atoms with van der Waals surface area (Å²) in [6.45, 7) is 1.89. The van der Waals surface area contributed by atoms with Gasteiger partial charge in [0, 0.05) is 30.5 Å². The molecule has 0 bridgehead atoms. The van der Waals surface area contributed by atoms with Crippen molar-refractivity contribution in [2.45, 2.75) is 18.9 Å². The maximum atomic E-state index is 12.2. The molecule has 0 unspecified atom stereocenters. The number of pyridine rings is 1. The van der Waals surface area contributed by atoms with Crippen molar-refractivity contribution in [3.8, 4) is 10.6 Å². The van der Waals surface area contributed by atoms with Gasteiger partial charge < -0.3 is 10.6 Å². The summed E-state index contributed by atoms with van der Waals surface area (Å²) in [5, 5.41) is 7.19. The maximum absolute atomic E-state index is 12.2. The van der Waals surface area contributed by atoms with Gasteiger partial charge in [-0.1, -0.05) is 0 Å². The number of hydrogen-bond acceptors (Lipinski definition) is 5. The number of amides is 1. The molecule has 2 aromatic rings. The predicted molar refractivity (Wildman–Crippen MR) is 93.2 cm³/mol. The number of carbonyl (C=O) groups excluding carboxylic acids is 1. The molecular formula is C14H18Cl2N4OS. The lowest BCUT2D eigenvalue weighted by molar-refractivity contribution is 0.0934. The molecule has 120 valence electrons. The highest BCUT2D eigenvalue weighted by molar-refractivity contribution is 7.16. The molecule has 8 heteroatoms. The van der Waals surface area contributed by atoms with Crippen molar-refractivity contribution in [1.29, 1.82) is 0 Å². The lowest BCUT2D eigenvalue weighted by Crippen LogP contribution is -2.45. The van der Waals surface area contributed by atoms with Crippen LogP contribution in [0.25, 0.3) is 10.6 Å². The first kappa shape index (κ1) is 18.8. The first-order valence-electron chi connectivity index (χ1n) is 6.71. The molecule has 0 aromatic carbocycles. The molecule has 1 aliphatic rings. The largest absolute Gasteiger partial charge is 0.347 e. The maximum Gasteiger partial charge on any atom is 0.263 e. The van der Waals surface area contributed by atoms with Gasteiger partial charge in [0.2, 0.25) is 0 Å². The molecule has 0 spiro atoms. The number of hydrogen-bond donors (Lipinski definition) is 2. The molecule has 0 aliphatic carbocycles. The van der Waals surface area contributed by atoms with E-state index < -0.39 is 0 Å². The summed E-state index contributed by atoms with van der Waals surface area (Å²) in [5.74, 6) is -0.0310. The van der Waals surface area contributed by atoms with Gasteiger partial charge in [-0.15, -0.1) is 36.2 Å². The smallest absolute Gasteiger partial charge is 0.263 e. The summed E-state index contributed by atoms with van der Waals surface area (Å²) in [5.41, 5.74) is 0.989. The summed E-state index contributed by atoms with van der Waals surface area (Å²) in [4.78, 5) is 21.1. The molecule has 0 saturated carbocycles. The van der Waals surface area contributed by atoms with E-state index in [2.05, 4.69) is 20.6 Å². The second-order valence-electron chi connectivity index (χ2n) is 4.78. The van der Waals surface area contributed by atoms with E-state index in [1.165, 1.54) is 11.3 Å². The fraction of sp³-hybridized carbons (Fsp3) is 0.357. The second kappa shape index (κ2) is 9.05. The van der Waals surface area contributed by atoms with Gasteiger partial charge in [0.15, 0.2) is 0 Å². The summed E-state index contributed by atoms with van der Waals surface area (Å²) >= 11 is 1.41. The van der Waals surface area contributed by atoms with Gasteiger partial charge in [-0.25, -0.2) is 4.98 Å². The normalized spacial score (nSPS) is 17.0. The Balaban J connectivity index is 0.00000121. The topological polar surface area (TPSA) is 66.9 Å². The van der Waals surface area contributed by atoms with Crippen LogP contribution in [-0.2, 0) is 0 Å². The number of rotatable bonds is 3. The average molecular weight is 361 g/mol. The van der Waals surface area contributed by atoms with Crippen LogP contribution >= 0.6 is 36.2 Å². The third-order valence-corrected chi connectivity index (χ3v) is 4.33. The van der Waals surface area contributed by atoms with E-state index >= 15 is 0 Å². The van der Waals surface area contributed by atoms with Gasteiger partial charge in [0.05, 0.1) is 6.20 Å². The molecule has 0 radical (unpaired) electrons. The SMILES string of the molecule is Cl.Cl.O=C(N[C@H]1CCCNC1)c1cnc(-c2ccncc2)s1. The Bertz CT molecular complexity index is 588. The summed E-state index contributed by atoms with van der Waals surface area (Å²) in [6, 6.07) is 4.01. The van der Waals surface area contributed by atoms with Gasteiger partial charge in [-0.3, -0.25) is 9.78 Å². The molecule has 1 amide bonds. The minimum Gasteiger partial charge on any atom is -0.347 e.